The van der Waals surface area contributed by atoms with E-state index in [1.54, 1.807) is 6.07 Å². The van der Waals surface area contributed by atoms with Gasteiger partial charge in [-0.1, -0.05) is 11.6 Å². The fraction of sp³-hybridized carbons (Fsp3) is 0.333. The number of nitrogens with one attached hydrogen (secondary N) is 1. The molecule has 0 aliphatic heterocycles. The summed E-state index contributed by atoms with van der Waals surface area (Å²) in [5, 5.41) is 14.6. The molecule has 1 N–H and O–H groups in total. The van der Waals surface area contributed by atoms with Crippen LogP contribution in [-0.2, 0) is 6.54 Å². The van der Waals surface area contributed by atoms with Crippen molar-refractivity contribution in [3.05, 3.63) is 62.0 Å². The summed E-state index contributed by atoms with van der Waals surface area (Å²) in [5.41, 5.74) is 1.82. The maximum absolute atomic E-state index is 10.8. The van der Waals surface area contributed by atoms with E-state index in [1.165, 1.54) is 12.1 Å². The molecule has 22 heavy (non-hydrogen) atoms. The second-order valence-electron chi connectivity index (χ2n) is 5.00. The van der Waals surface area contributed by atoms with E-state index in [0.717, 1.165) is 17.1 Å². The summed E-state index contributed by atoms with van der Waals surface area (Å²) in [6.45, 7) is 6.29. The van der Waals surface area contributed by atoms with E-state index in [0.29, 0.717) is 17.1 Å². The minimum atomic E-state index is -0.424. The predicted octanol–water partition coefficient (Wildman–Crippen LogP) is 4.73. The first-order valence-corrected chi connectivity index (χ1v) is 6.99. The van der Waals surface area contributed by atoms with Gasteiger partial charge in [-0.05, 0) is 38.5 Å². The van der Waals surface area contributed by atoms with Gasteiger partial charge in [0.2, 0.25) is 0 Å². The second kappa shape index (κ2) is 7.63. The van der Waals surface area contributed by atoms with Crippen molar-refractivity contribution in [3.63, 3.8) is 0 Å². The van der Waals surface area contributed by atoms with Gasteiger partial charge in [0.25, 0.3) is 5.69 Å². The number of aryl methyl sites for hydroxylation is 2. The van der Waals surface area contributed by atoms with Crippen LogP contribution in [0.2, 0.25) is 5.02 Å². The summed E-state index contributed by atoms with van der Waals surface area (Å²) in [6, 6.07) is 6.50. The second-order valence-corrected chi connectivity index (χ2v) is 5.41. The number of nitro groups is 1. The molecule has 1 aromatic heterocycles. The van der Waals surface area contributed by atoms with Gasteiger partial charge in [0.15, 0.2) is 0 Å². The molecule has 0 aliphatic carbocycles. The van der Waals surface area contributed by atoms with Crippen LogP contribution in [0.1, 0.15) is 35.6 Å². The van der Waals surface area contributed by atoms with E-state index >= 15 is 0 Å². The first-order chi connectivity index (χ1) is 9.88. The van der Waals surface area contributed by atoms with Crippen molar-refractivity contribution in [2.75, 3.05) is 0 Å². The summed E-state index contributed by atoms with van der Waals surface area (Å²) in [6.07, 6.45) is 0. The van der Waals surface area contributed by atoms with Gasteiger partial charge < -0.3 is 9.73 Å². The molecule has 0 saturated carbocycles. The highest BCUT2D eigenvalue weighted by Gasteiger charge is 2.14. The lowest BCUT2D eigenvalue weighted by Gasteiger charge is -2.14. The lowest BCUT2D eigenvalue weighted by atomic mass is 10.1. The maximum atomic E-state index is 10.8. The number of non-ortho nitro benzene ring substituents is 1. The van der Waals surface area contributed by atoms with Crippen molar-refractivity contribution in [1.82, 2.24) is 5.32 Å². The highest BCUT2D eigenvalue weighted by atomic mass is 35.5. The molecule has 2 rings (SSSR count). The first kappa shape index (κ1) is 18.5. The quantitative estimate of drug-likeness (QED) is 0.628. The molecule has 120 valence electrons. The van der Waals surface area contributed by atoms with Crippen LogP contribution >= 0.6 is 24.0 Å². The monoisotopic (exact) mass is 344 g/mol. The minimum Gasteiger partial charge on any atom is -0.466 e. The van der Waals surface area contributed by atoms with Crippen molar-refractivity contribution >= 4 is 29.7 Å². The van der Waals surface area contributed by atoms with Crippen molar-refractivity contribution in [3.8, 4) is 0 Å². The molecule has 2 aromatic rings. The number of halogens is 2. The van der Waals surface area contributed by atoms with Crippen LogP contribution in [0.3, 0.4) is 0 Å². The van der Waals surface area contributed by atoms with Gasteiger partial charge in [-0.25, -0.2) is 0 Å². The average Bonchev–Trinajstić information content (AvgIpc) is 2.76. The van der Waals surface area contributed by atoms with Gasteiger partial charge in [-0.2, -0.15) is 0 Å². The van der Waals surface area contributed by atoms with Crippen LogP contribution in [0.5, 0.6) is 0 Å². The molecular formula is C15H18Cl2N2O3. The standard InChI is InChI=1S/C15H17ClN2O3.ClH/c1-9-6-14(11(3)21-9)10(2)17-8-12-7-13(18(19)20)4-5-15(12)16;/h4-7,10,17H,8H2,1-3H3;1H. The Bertz CT molecular complexity index is 671. The Balaban J connectivity index is 0.00000242. The largest absolute Gasteiger partial charge is 0.466 e. The zero-order chi connectivity index (χ0) is 15.6. The molecule has 0 fully saturated rings. The van der Waals surface area contributed by atoms with Crippen LogP contribution in [0.4, 0.5) is 5.69 Å². The van der Waals surface area contributed by atoms with E-state index in [1.807, 2.05) is 26.8 Å². The number of hydrogen-bond donors (Lipinski definition) is 1. The van der Waals surface area contributed by atoms with Crippen LogP contribution in [0.25, 0.3) is 0 Å². The molecular weight excluding hydrogens is 327 g/mol. The van der Waals surface area contributed by atoms with Gasteiger partial charge in [0.05, 0.1) is 4.92 Å². The number of nitrogens with zero attached hydrogens (tertiary/aromatic N) is 1. The van der Waals surface area contributed by atoms with Crippen LogP contribution in [0, 0.1) is 24.0 Å². The molecule has 0 spiro atoms. The molecule has 0 radical (unpaired) electrons. The normalized spacial score (nSPS) is 11.8. The third kappa shape index (κ3) is 4.22. The summed E-state index contributed by atoms with van der Waals surface area (Å²) >= 11 is 6.08. The zero-order valence-corrected chi connectivity index (χ0v) is 14.1. The zero-order valence-electron chi connectivity index (χ0n) is 12.6. The Morgan fingerprint density at radius 3 is 2.59 bits per heavy atom. The Labute approximate surface area is 140 Å². The summed E-state index contributed by atoms with van der Waals surface area (Å²) in [4.78, 5) is 10.4. The molecule has 0 amide bonds. The van der Waals surface area contributed by atoms with E-state index in [2.05, 4.69) is 5.32 Å². The fourth-order valence-corrected chi connectivity index (χ4v) is 2.45. The molecule has 1 atom stereocenters. The maximum Gasteiger partial charge on any atom is 0.269 e. The number of rotatable bonds is 5. The van der Waals surface area contributed by atoms with Crippen molar-refractivity contribution < 1.29 is 9.34 Å². The van der Waals surface area contributed by atoms with E-state index in [9.17, 15) is 10.1 Å². The van der Waals surface area contributed by atoms with Gasteiger partial charge in [-0.15, -0.1) is 12.4 Å². The molecule has 5 nitrogen and oxygen atoms in total. The summed E-state index contributed by atoms with van der Waals surface area (Å²) in [5.74, 6) is 1.74. The van der Waals surface area contributed by atoms with Crippen molar-refractivity contribution in [1.29, 1.82) is 0 Å². The van der Waals surface area contributed by atoms with E-state index in [4.69, 9.17) is 16.0 Å². The Kier molecular flexibility index (Phi) is 6.41. The lowest BCUT2D eigenvalue weighted by Crippen LogP contribution is -2.18. The van der Waals surface area contributed by atoms with Gasteiger partial charge in [-0.3, -0.25) is 10.1 Å². The molecule has 0 aliphatic rings. The van der Waals surface area contributed by atoms with Crippen LogP contribution in [-0.4, -0.2) is 4.92 Å². The van der Waals surface area contributed by atoms with Crippen molar-refractivity contribution in [2.45, 2.75) is 33.4 Å². The minimum absolute atomic E-state index is 0. The number of hydrogen-bond acceptors (Lipinski definition) is 4. The first-order valence-electron chi connectivity index (χ1n) is 6.61. The van der Waals surface area contributed by atoms with Crippen LogP contribution in [0.15, 0.2) is 28.7 Å². The third-order valence-corrected chi connectivity index (χ3v) is 3.75. The Hall–Kier alpha value is -1.56. The van der Waals surface area contributed by atoms with E-state index < -0.39 is 4.92 Å². The van der Waals surface area contributed by atoms with Crippen LogP contribution < -0.4 is 5.32 Å². The summed E-state index contributed by atoms with van der Waals surface area (Å²) < 4.78 is 5.51. The predicted molar refractivity (Wildman–Crippen MR) is 88.8 cm³/mol. The van der Waals surface area contributed by atoms with Gasteiger partial charge in [0, 0.05) is 35.3 Å². The molecule has 1 unspecified atom stereocenters. The third-order valence-electron chi connectivity index (χ3n) is 3.38. The molecule has 0 bridgehead atoms. The lowest BCUT2D eigenvalue weighted by molar-refractivity contribution is -0.384. The molecule has 0 saturated heterocycles. The summed E-state index contributed by atoms with van der Waals surface area (Å²) in [7, 11) is 0. The number of nitro benzene ring substituents is 1. The highest BCUT2D eigenvalue weighted by molar-refractivity contribution is 6.31. The van der Waals surface area contributed by atoms with Crippen molar-refractivity contribution in [2.24, 2.45) is 0 Å². The molecule has 7 heteroatoms. The van der Waals surface area contributed by atoms with E-state index in [-0.39, 0.29) is 24.1 Å². The SMILES string of the molecule is Cc1cc(C(C)NCc2cc([N+](=O)[O-])ccc2Cl)c(C)o1.Cl. The Morgan fingerprint density at radius 2 is 2.05 bits per heavy atom. The average molecular weight is 345 g/mol. The highest BCUT2D eigenvalue weighted by Crippen LogP contribution is 2.24. The van der Waals surface area contributed by atoms with Gasteiger partial charge in [0.1, 0.15) is 11.5 Å². The molecule has 1 heterocycles. The van der Waals surface area contributed by atoms with Gasteiger partial charge >= 0.3 is 0 Å². The Morgan fingerprint density at radius 1 is 1.36 bits per heavy atom. The topological polar surface area (TPSA) is 68.3 Å². The number of benzene rings is 1. The molecule has 1 aromatic carbocycles. The number of furan rings is 1. The fourth-order valence-electron chi connectivity index (χ4n) is 2.26. The smallest absolute Gasteiger partial charge is 0.269 e.